The van der Waals surface area contributed by atoms with E-state index in [1.54, 1.807) is 6.07 Å². The van der Waals surface area contributed by atoms with Crippen molar-refractivity contribution in [2.45, 2.75) is 134 Å². The van der Waals surface area contributed by atoms with Gasteiger partial charge in [0.1, 0.15) is 12.2 Å². The highest BCUT2D eigenvalue weighted by Crippen LogP contribution is 2.71. The topological polar surface area (TPSA) is 140 Å². The average Bonchev–Trinajstić information content (AvgIpc) is 3.17. The van der Waals surface area contributed by atoms with Crippen LogP contribution in [0, 0.1) is 28.6 Å². The van der Waals surface area contributed by atoms with Crippen molar-refractivity contribution >= 4 is 17.9 Å². The van der Waals surface area contributed by atoms with Crippen LogP contribution in [0.3, 0.4) is 0 Å². The lowest BCUT2D eigenvalue weighted by Gasteiger charge is -2.63. The number of carbonyl (C=O) groups excluding carboxylic acids is 2. The van der Waals surface area contributed by atoms with Crippen LogP contribution in [0.5, 0.6) is 0 Å². The van der Waals surface area contributed by atoms with E-state index < -0.39 is 28.7 Å². The van der Waals surface area contributed by atoms with Gasteiger partial charge in [-0.1, -0.05) is 26.7 Å². The van der Waals surface area contributed by atoms with E-state index in [9.17, 15) is 24.3 Å². The molecule has 4 saturated carbocycles. The summed E-state index contributed by atoms with van der Waals surface area (Å²) in [5, 5.41) is 21.4. The third kappa shape index (κ3) is 6.03. The molecule has 0 bridgehead atoms. The number of carboxylic acids is 1. The second-order valence-corrected chi connectivity index (χ2v) is 14.3. The quantitative estimate of drug-likeness (QED) is 0.253. The maximum atomic E-state index is 12.7. The van der Waals surface area contributed by atoms with Crippen LogP contribution < -0.4 is 5.63 Å². The molecular weight excluding hydrogens is 552 g/mol. The zero-order chi connectivity index (χ0) is 31.0. The Morgan fingerprint density at radius 1 is 0.953 bits per heavy atom. The molecule has 4 aliphatic carbocycles. The van der Waals surface area contributed by atoms with E-state index in [4.69, 9.17) is 19.0 Å². The number of rotatable bonds is 10. The fourth-order valence-corrected chi connectivity index (χ4v) is 9.90. The van der Waals surface area contributed by atoms with Crippen molar-refractivity contribution in [3.8, 4) is 0 Å². The van der Waals surface area contributed by atoms with Gasteiger partial charge in [0.25, 0.3) is 0 Å². The molecule has 9 atom stereocenters. The van der Waals surface area contributed by atoms with Gasteiger partial charge in [0.15, 0.2) is 0 Å². The predicted molar refractivity (Wildman–Crippen MR) is 157 cm³/mol. The molecule has 1 heterocycles. The Morgan fingerprint density at radius 2 is 1.70 bits per heavy atom. The molecule has 9 unspecified atom stereocenters. The fraction of sp³-hybridized carbons (Fsp3) is 0.765. The first-order chi connectivity index (χ1) is 20.4. The highest BCUT2D eigenvalue weighted by Gasteiger charge is 2.70. The maximum Gasteiger partial charge on any atom is 0.335 e. The van der Waals surface area contributed by atoms with Crippen LogP contribution in [0.15, 0.2) is 27.6 Å². The second-order valence-electron chi connectivity index (χ2n) is 14.3. The van der Waals surface area contributed by atoms with Gasteiger partial charge in [-0.15, -0.1) is 0 Å². The van der Waals surface area contributed by atoms with Gasteiger partial charge >= 0.3 is 23.5 Å². The van der Waals surface area contributed by atoms with Gasteiger partial charge < -0.3 is 24.1 Å². The van der Waals surface area contributed by atoms with Gasteiger partial charge in [-0.3, -0.25) is 14.4 Å². The highest BCUT2D eigenvalue weighted by atomic mass is 16.5. The molecule has 0 amide bonds. The molecule has 0 saturated heterocycles. The highest BCUT2D eigenvalue weighted by molar-refractivity contribution is 5.69. The van der Waals surface area contributed by atoms with Gasteiger partial charge in [-0.25, -0.2) is 4.79 Å². The van der Waals surface area contributed by atoms with Crippen molar-refractivity contribution in [2.24, 2.45) is 28.6 Å². The lowest BCUT2D eigenvalue weighted by Crippen LogP contribution is -2.62. The first kappa shape index (κ1) is 31.7. The van der Waals surface area contributed by atoms with Crippen molar-refractivity contribution < 1.29 is 38.5 Å². The fourth-order valence-electron chi connectivity index (χ4n) is 9.90. The van der Waals surface area contributed by atoms with Crippen molar-refractivity contribution in [3.05, 3.63) is 34.4 Å². The van der Waals surface area contributed by atoms with Crippen LogP contribution in [0.25, 0.3) is 0 Å². The lowest BCUT2D eigenvalue weighted by molar-refractivity contribution is -0.207. The van der Waals surface area contributed by atoms with Crippen LogP contribution >= 0.6 is 0 Å². The van der Waals surface area contributed by atoms with Gasteiger partial charge in [-0.2, -0.15) is 0 Å². The Hall–Kier alpha value is -2.68. The molecule has 4 fully saturated rings. The molecule has 5 rings (SSSR count). The Labute approximate surface area is 253 Å². The number of carbonyl (C=O) groups is 3. The largest absolute Gasteiger partial charge is 0.481 e. The molecule has 0 radical (unpaired) electrons. The van der Waals surface area contributed by atoms with E-state index >= 15 is 0 Å². The normalized spacial score (nSPS) is 38.3. The Morgan fingerprint density at radius 3 is 2.37 bits per heavy atom. The average molecular weight is 601 g/mol. The molecule has 4 aliphatic rings. The van der Waals surface area contributed by atoms with Gasteiger partial charge in [0, 0.05) is 43.6 Å². The van der Waals surface area contributed by atoms with Crippen molar-refractivity contribution in [1.82, 2.24) is 0 Å². The minimum absolute atomic E-state index is 0.0293. The number of hydrogen-bond donors (Lipinski definition) is 2. The number of carboxylic acid groups (broad SMARTS) is 1. The molecule has 1 aromatic heterocycles. The number of esters is 2. The Kier molecular flexibility index (Phi) is 9.13. The number of hydrogen-bond acceptors (Lipinski definition) is 8. The van der Waals surface area contributed by atoms with E-state index in [1.807, 2.05) is 0 Å². The zero-order valence-electron chi connectivity index (χ0n) is 25.8. The van der Waals surface area contributed by atoms with Crippen molar-refractivity contribution in [3.63, 3.8) is 0 Å². The minimum atomic E-state index is -1.03. The molecule has 0 spiro atoms. The van der Waals surface area contributed by atoms with E-state index in [0.29, 0.717) is 31.1 Å². The number of aliphatic carboxylic acids is 1. The SMILES string of the molecule is CC(=O)OC1CC2(O)C3CCC4CC(OC(=O)CCCCCCC(=O)O)CCC4(C)C3CCC2(C)C1c1ccc(=O)oc1. The predicted octanol–water partition coefficient (Wildman–Crippen LogP) is 5.76. The zero-order valence-corrected chi connectivity index (χ0v) is 25.8. The summed E-state index contributed by atoms with van der Waals surface area (Å²) in [6, 6.07) is 3.14. The lowest BCUT2D eigenvalue weighted by atomic mass is 9.43. The number of fused-ring (bicyclic) bond motifs is 5. The molecule has 43 heavy (non-hydrogen) atoms. The smallest absolute Gasteiger partial charge is 0.335 e. The first-order valence-electron chi connectivity index (χ1n) is 16.3. The summed E-state index contributed by atoms with van der Waals surface area (Å²) in [5.41, 5.74) is -1.20. The standard InChI is InChI=1S/C34H48O9/c1-21(35)42-27-19-34(40)26-12-11-23-18-24(43-30(39)9-7-5-4-6-8-28(36)37)14-16-32(23,2)25(26)15-17-33(34,3)31(27)22-10-13-29(38)41-20-22/h10,13,20,23-27,31,40H,4-9,11-12,14-19H2,1-3H3,(H,36,37). The summed E-state index contributed by atoms with van der Waals surface area (Å²) < 4.78 is 17.0. The Bertz CT molecular complexity index is 1240. The van der Waals surface area contributed by atoms with E-state index in [1.165, 1.54) is 19.3 Å². The van der Waals surface area contributed by atoms with Crippen LogP contribution in [-0.2, 0) is 23.9 Å². The minimum Gasteiger partial charge on any atom is -0.481 e. The van der Waals surface area contributed by atoms with Crippen LogP contribution in [0.1, 0.15) is 122 Å². The molecule has 238 valence electrons. The van der Waals surface area contributed by atoms with Crippen molar-refractivity contribution in [1.29, 1.82) is 0 Å². The molecule has 1 aromatic rings. The second kappa shape index (κ2) is 12.4. The summed E-state index contributed by atoms with van der Waals surface area (Å²) in [4.78, 5) is 47.1. The molecule has 9 heteroatoms. The van der Waals surface area contributed by atoms with Gasteiger partial charge in [0.05, 0.1) is 11.9 Å². The molecular formula is C34H48O9. The van der Waals surface area contributed by atoms with Crippen LogP contribution in [0.4, 0.5) is 0 Å². The van der Waals surface area contributed by atoms with Gasteiger partial charge in [0.2, 0.25) is 0 Å². The number of aliphatic hydroxyl groups is 1. The van der Waals surface area contributed by atoms with E-state index in [2.05, 4.69) is 13.8 Å². The van der Waals surface area contributed by atoms with Crippen LogP contribution in [-0.4, -0.2) is 45.9 Å². The summed E-state index contributed by atoms with van der Waals surface area (Å²) in [5.74, 6) is -0.802. The molecule has 0 aromatic carbocycles. The number of ether oxygens (including phenoxy) is 2. The third-order valence-corrected chi connectivity index (χ3v) is 12.0. The maximum absolute atomic E-state index is 12.7. The van der Waals surface area contributed by atoms with Crippen molar-refractivity contribution in [2.75, 3.05) is 0 Å². The summed E-state index contributed by atoms with van der Waals surface area (Å²) in [6.07, 6.45) is 11.0. The monoisotopic (exact) mass is 600 g/mol. The molecule has 0 aliphatic heterocycles. The summed E-state index contributed by atoms with van der Waals surface area (Å²) in [6.45, 7) is 5.90. The first-order valence-corrected chi connectivity index (χ1v) is 16.3. The van der Waals surface area contributed by atoms with Gasteiger partial charge in [-0.05, 0) is 92.6 Å². The van der Waals surface area contributed by atoms with E-state index in [0.717, 1.165) is 69.8 Å². The molecule has 9 nitrogen and oxygen atoms in total. The van der Waals surface area contributed by atoms with E-state index in [-0.39, 0.29) is 41.7 Å². The summed E-state index contributed by atoms with van der Waals surface area (Å²) >= 11 is 0. The third-order valence-electron chi connectivity index (χ3n) is 12.0. The summed E-state index contributed by atoms with van der Waals surface area (Å²) in [7, 11) is 0. The molecule has 2 N–H and O–H groups in total. The Balaban J connectivity index is 1.25. The van der Waals surface area contributed by atoms with Crippen LogP contribution in [0.2, 0.25) is 0 Å². The number of unbranched alkanes of at least 4 members (excludes halogenated alkanes) is 3.